The molecule has 3 rings (SSSR count). The van der Waals surface area contributed by atoms with Crippen molar-refractivity contribution in [3.8, 4) is 0 Å². The van der Waals surface area contributed by atoms with Crippen molar-refractivity contribution in [3.63, 3.8) is 0 Å². The minimum absolute atomic E-state index is 0.0566. The van der Waals surface area contributed by atoms with Crippen molar-refractivity contribution in [2.24, 2.45) is 7.05 Å². The predicted octanol–water partition coefficient (Wildman–Crippen LogP) is 3.27. The van der Waals surface area contributed by atoms with Gasteiger partial charge in [0.25, 0.3) is 5.91 Å². The smallest absolute Gasteiger partial charge is 0.272 e. The van der Waals surface area contributed by atoms with Crippen LogP contribution in [0.5, 0.6) is 0 Å². The molecule has 0 bridgehead atoms. The lowest BCUT2D eigenvalue weighted by molar-refractivity contribution is 0.101. The fourth-order valence-electron chi connectivity index (χ4n) is 2.53. The molecule has 2 heterocycles. The first kappa shape index (κ1) is 14.1. The van der Waals surface area contributed by atoms with E-state index in [0.29, 0.717) is 11.3 Å². The van der Waals surface area contributed by atoms with Crippen molar-refractivity contribution < 1.29 is 9.59 Å². The molecule has 112 valence electrons. The summed E-state index contributed by atoms with van der Waals surface area (Å²) in [7, 11) is 1.75. The monoisotopic (exact) mass is 295 g/mol. The van der Waals surface area contributed by atoms with Crippen LogP contribution in [0.25, 0.3) is 10.9 Å². The molecule has 3 aromatic rings. The SMILES string of the molecule is CC(=O)c1cc(C(=O)Nc2ccc3[nH]c(C)cc3c2)n(C)c1. The molecule has 0 unspecified atom stereocenters. The summed E-state index contributed by atoms with van der Waals surface area (Å²) in [5.74, 6) is -0.291. The normalized spacial score (nSPS) is 10.9. The van der Waals surface area contributed by atoms with Crippen molar-refractivity contribution >= 4 is 28.3 Å². The highest BCUT2D eigenvalue weighted by Crippen LogP contribution is 2.20. The van der Waals surface area contributed by atoms with Crippen molar-refractivity contribution in [1.29, 1.82) is 0 Å². The number of hydrogen-bond donors (Lipinski definition) is 2. The molecule has 0 atom stereocenters. The zero-order chi connectivity index (χ0) is 15.9. The summed E-state index contributed by atoms with van der Waals surface area (Å²) in [6, 6.07) is 9.35. The average molecular weight is 295 g/mol. The molecule has 0 spiro atoms. The standard InChI is InChI=1S/C17H17N3O2/c1-10-6-12-7-14(4-5-15(12)18-10)19-17(22)16-8-13(11(2)21)9-20(16)3/h4-9,18H,1-3H3,(H,19,22). The molecule has 0 aliphatic heterocycles. The second-order valence-corrected chi connectivity index (χ2v) is 5.49. The van der Waals surface area contributed by atoms with Crippen molar-refractivity contribution in [1.82, 2.24) is 9.55 Å². The zero-order valence-electron chi connectivity index (χ0n) is 12.7. The van der Waals surface area contributed by atoms with Gasteiger partial charge in [0.15, 0.2) is 5.78 Å². The van der Waals surface area contributed by atoms with Crippen LogP contribution in [0.1, 0.15) is 33.5 Å². The molecule has 5 heteroatoms. The van der Waals surface area contributed by atoms with E-state index in [1.807, 2.05) is 31.2 Å². The van der Waals surface area contributed by atoms with Crippen LogP contribution in [-0.2, 0) is 7.05 Å². The second-order valence-electron chi connectivity index (χ2n) is 5.49. The van der Waals surface area contributed by atoms with E-state index in [9.17, 15) is 9.59 Å². The Balaban J connectivity index is 1.87. The van der Waals surface area contributed by atoms with Crippen molar-refractivity contribution in [2.75, 3.05) is 5.32 Å². The van der Waals surface area contributed by atoms with E-state index in [4.69, 9.17) is 0 Å². The maximum absolute atomic E-state index is 12.4. The van der Waals surface area contributed by atoms with Crippen LogP contribution in [0.15, 0.2) is 36.5 Å². The lowest BCUT2D eigenvalue weighted by atomic mass is 10.2. The first-order valence-electron chi connectivity index (χ1n) is 7.02. The van der Waals surface area contributed by atoms with Crippen molar-refractivity contribution in [3.05, 3.63) is 53.5 Å². The Hall–Kier alpha value is -2.82. The van der Waals surface area contributed by atoms with E-state index >= 15 is 0 Å². The molecule has 22 heavy (non-hydrogen) atoms. The van der Waals surface area contributed by atoms with Gasteiger partial charge in [0.05, 0.1) is 0 Å². The number of carbonyl (C=O) groups is 2. The van der Waals surface area contributed by atoms with Crippen LogP contribution < -0.4 is 5.32 Å². The molecule has 2 N–H and O–H groups in total. The van der Waals surface area contributed by atoms with Crippen LogP contribution in [0.3, 0.4) is 0 Å². The Morgan fingerprint density at radius 2 is 1.95 bits per heavy atom. The van der Waals surface area contributed by atoms with Gasteiger partial charge in [-0.05, 0) is 44.2 Å². The summed E-state index contributed by atoms with van der Waals surface area (Å²) in [5.41, 5.74) is 3.82. The number of hydrogen-bond acceptors (Lipinski definition) is 2. The van der Waals surface area contributed by atoms with E-state index < -0.39 is 0 Å². The van der Waals surface area contributed by atoms with Gasteiger partial charge in [0.2, 0.25) is 0 Å². The summed E-state index contributed by atoms with van der Waals surface area (Å²) in [6.45, 7) is 3.48. The minimum atomic E-state index is -0.235. The van der Waals surface area contributed by atoms with Gasteiger partial charge in [-0.1, -0.05) is 0 Å². The number of ketones is 1. The molecule has 0 fully saturated rings. The fourth-order valence-corrected chi connectivity index (χ4v) is 2.53. The molecule has 1 amide bonds. The number of fused-ring (bicyclic) bond motifs is 1. The number of aryl methyl sites for hydroxylation is 2. The maximum Gasteiger partial charge on any atom is 0.272 e. The Bertz CT molecular complexity index is 887. The second kappa shape index (κ2) is 5.18. The number of amides is 1. The van der Waals surface area contributed by atoms with Crippen LogP contribution in [0.4, 0.5) is 5.69 Å². The van der Waals surface area contributed by atoms with Gasteiger partial charge in [0, 0.05) is 41.1 Å². The van der Waals surface area contributed by atoms with Gasteiger partial charge in [0.1, 0.15) is 5.69 Å². The number of benzene rings is 1. The van der Waals surface area contributed by atoms with Crippen molar-refractivity contribution in [2.45, 2.75) is 13.8 Å². The molecule has 0 saturated carbocycles. The molecular formula is C17H17N3O2. The molecule has 1 aromatic carbocycles. The third-order valence-electron chi connectivity index (χ3n) is 3.66. The molecule has 2 aromatic heterocycles. The van der Waals surface area contributed by atoms with E-state index in [2.05, 4.69) is 10.3 Å². The molecule has 0 aliphatic rings. The fraction of sp³-hybridized carbons (Fsp3) is 0.176. The molecule has 0 saturated heterocycles. The lowest BCUT2D eigenvalue weighted by Gasteiger charge is -2.06. The van der Waals surface area contributed by atoms with Crippen LogP contribution in [-0.4, -0.2) is 21.2 Å². The Labute approximate surface area is 127 Å². The summed E-state index contributed by atoms with van der Waals surface area (Å²) >= 11 is 0. The lowest BCUT2D eigenvalue weighted by Crippen LogP contribution is -2.15. The topological polar surface area (TPSA) is 66.9 Å². The third kappa shape index (κ3) is 2.53. The van der Waals surface area contributed by atoms with Crippen LogP contribution >= 0.6 is 0 Å². The number of carbonyl (C=O) groups excluding carboxylic acids is 2. The number of aromatic nitrogens is 2. The number of nitrogens with one attached hydrogen (secondary N) is 2. The van der Waals surface area contributed by atoms with Gasteiger partial charge in [-0.25, -0.2) is 0 Å². The Morgan fingerprint density at radius 3 is 2.64 bits per heavy atom. The number of rotatable bonds is 3. The number of Topliss-reactive ketones (excluding diaryl/α,β-unsaturated/α-hetero) is 1. The molecule has 0 radical (unpaired) electrons. The van der Waals surface area contributed by atoms with E-state index in [-0.39, 0.29) is 11.7 Å². The largest absolute Gasteiger partial charge is 0.359 e. The Kier molecular flexibility index (Phi) is 3.33. The van der Waals surface area contributed by atoms with Crippen LogP contribution in [0, 0.1) is 6.92 Å². The van der Waals surface area contributed by atoms with E-state index in [1.54, 1.807) is 23.9 Å². The molecular weight excluding hydrogens is 278 g/mol. The van der Waals surface area contributed by atoms with Crippen LogP contribution in [0.2, 0.25) is 0 Å². The van der Waals surface area contributed by atoms with Gasteiger partial charge in [-0.3, -0.25) is 9.59 Å². The quantitative estimate of drug-likeness (QED) is 0.728. The van der Waals surface area contributed by atoms with E-state index in [0.717, 1.165) is 22.3 Å². The van der Waals surface area contributed by atoms with Gasteiger partial charge >= 0.3 is 0 Å². The number of nitrogens with zero attached hydrogens (tertiary/aromatic N) is 1. The Morgan fingerprint density at radius 1 is 1.18 bits per heavy atom. The number of anilines is 1. The highest BCUT2D eigenvalue weighted by molar-refractivity contribution is 6.06. The predicted molar refractivity (Wildman–Crippen MR) is 86.4 cm³/mol. The number of aromatic amines is 1. The zero-order valence-corrected chi connectivity index (χ0v) is 12.7. The highest BCUT2D eigenvalue weighted by Gasteiger charge is 2.14. The third-order valence-corrected chi connectivity index (χ3v) is 3.66. The van der Waals surface area contributed by atoms with Gasteiger partial charge in [-0.2, -0.15) is 0 Å². The van der Waals surface area contributed by atoms with Gasteiger partial charge in [-0.15, -0.1) is 0 Å². The first-order chi connectivity index (χ1) is 10.4. The minimum Gasteiger partial charge on any atom is -0.359 e. The summed E-state index contributed by atoms with van der Waals surface area (Å²) in [4.78, 5) is 27.0. The molecule has 0 aliphatic carbocycles. The summed E-state index contributed by atoms with van der Waals surface area (Å²) in [5, 5.41) is 3.92. The highest BCUT2D eigenvalue weighted by atomic mass is 16.2. The summed E-state index contributed by atoms with van der Waals surface area (Å²) in [6.07, 6.45) is 1.66. The summed E-state index contributed by atoms with van der Waals surface area (Å²) < 4.78 is 1.66. The maximum atomic E-state index is 12.4. The van der Waals surface area contributed by atoms with Gasteiger partial charge < -0.3 is 14.9 Å². The first-order valence-corrected chi connectivity index (χ1v) is 7.02. The number of H-pyrrole nitrogens is 1. The molecule has 5 nitrogen and oxygen atoms in total. The average Bonchev–Trinajstić information content (AvgIpc) is 3.00. The van der Waals surface area contributed by atoms with E-state index in [1.165, 1.54) is 6.92 Å².